The molecule has 0 aliphatic rings. The summed E-state index contributed by atoms with van der Waals surface area (Å²) in [4.78, 5) is 0. The van der Waals surface area contributed by atoms with Crippen LogP contribution in [0.4, 0.5) is 0 Å². The Morgan fingerprint density at radius 2 is 2.04 bits per heavy atom. The molecule has 1 N–H and O–H groups in total. The van der Waals surface area contributed by atoms with E-state index in [4.69, 9.17) is 27.5 Å². The number of nitrogens with zero attached hydrogens (tertiary/aromatic N) is 1. The van der Waals surface area contributed by atoms with Crippen molar-refractivity contribution in [2.45, 2.75) is 6.54 Å². The Hall–Kier alpha value is -2.64. The average molecular weight is 329 g/mol. The van der Waals surface area contributed by atoms with Gasteiger partial charge in [-0.3, -0.25) is 0 Å². The maximum absolute atomic E-state index is 5.85. The van der Waals surface area contributed by atoms with Crippen LogP contribution in [0.25, 0.3) is 0 Å². The molecule has 23 heavy (non-hydrogen) atoms. The molecule has 0 saturated carbocycles. The lowest BCUT2D eigenvalue weighted by Crippen LogP contribution is -2.06. The van der Waals surface area contributed by atoms with Crippen molar-refractivity contribution < 1.29 is 9.47 Å². The molecule has 0 bridgehead atoms. The van der Waals surface area contributed by atoms with Gasteiger partial charge >= 0.3 is 0 Å². The van der Waals surface area contributed by atoms with Crippen molar-refractivity contribution in [2.24, 2.45) is 5.10 Å². The van der Waals surface area contributed by atoms with E-state index in [9.17, 15) is 0 Å². The monoisotopic (exact) mass is 328 g/mol. The van der Waals surface area contributed by atoms with E-state index in [1.807, 2.05) is 36.4 Å². The van der Waals surface area contributed by atoms with E-state index in [-0.39, 0.29) is 6.61 Å². The molecule has 118 valence electrons. The molecule has 0 saturated heterocycles. The smallest absolute Gasteiger partial charge is 0.148 e. The van der Waals surface area contributed by atoms with Crippen LogP contribution in [-0.2, 0) is 6.54 Å². The van der Waals surface area contributed by atoms with Crippen molar-refractivity contribution in [2.75, 3.05) is 13.7 Å². The third-order valence-corrected chi connectivity index (χ3v) is 3.27. The zero-order valence-corrected chi connectivity index (χ0v) is 13.5. The molecule has 2 rings (SSSR count). The van der Waals surface area contributed by atoms with Crippen LogP contribution in [0.3, 0.4) is 0 Å². The van der Waals surface area contributed by atoms with E-state index in [0.717, 1.165) is 16.9 Å². The second kappa shape index (κ2) is 8.72. The fourth-order valence-corrected chi connectivity index (χ4v) is 1.99. The van der Waals surface area contributed by atoms with Gasteiger partial charge in [0, 0.05) is 10.6 Å². The predicted molar refractivity (Wildman–Crippen MR) is 93.2 cm³/mol. The molecule has 4 nitrogen and oxygen atoms in total. The quantitative estimate of drug-likeness (QED) is 0.480. The number of hydrogen-bond donors (Lipinski definition) is 1. The summed E-state index contributed by atoms with van der Waals surface area (Å²) in [7, 11) is 1.61. The Kier molecular flexibility index (Phi) is 6.34. The minimum Gasteiger partial charge on any atom is -0.497 e. The number of rotatable bonds is 7. The molecule has 0 amide bonds. The summed E-state index contributed by atoms with van der Waals surface area (Å²) in [5.41, 5.74) is 4.85. The molecular formula is C18H17ClN2O2. The molecule has 0 aromatic heterocycles. The lowest BCUT2D eigenvalue weighted by atomic mass is 10.2. The first-order valence-electron chi connectivity index (χ1n) is 6.97. The zero-order valence-electron chi connectivity index (χ0n) is 12.8. The van der Waals surface area contributed by atoms with E-state index in [1.54, 1.807) is 19.4 Å². The number of methoxy groups -OCH3 is 1. The van der Waals surface area contributed by atoms with Crippen LogP contribution in [0.5, 0.6) is 11.5 Å². The Labute approximate surface area is 141 Å². The molecule has 2 aromatic rings. The molecule has 0 radical (unpaired) electrons. The maximum Gasteiger partial charge on any atom is 0.148 e. The molecule has 5 heteroatoms. The largest absolute Gasteiger partial charge is 0.497 e. The first-order chi connectivity index (χ1) is 11.2. The molecule has 0 fully saturated rings. The number of hydrogen-bond acceptors (Lipinski definition) is 4. The summed E-state index contributed by atoms with van der Waals surface area (Å²) in [6, 6.07) is 13.0. The number of benzene rings is 2. The fourth-order valence-electron chi connectivity index (χ4n) is 1.86. The standard InChI is InChI=1S/C18H17ClN2O2/c1-3-10-23-18-9-8-17(22-2)11-15(18)13-21-20-12-14-4-6-16(19)7-5-14/h1,4-9,11,13,20H,10,12H2,2H3/b21-13-. The minimum atomic E-state index is 0.200. The van der Waals surface area contributed by atoms with Gasteiger partial charge in [-0.25, -0.2) is 0 Å². The summed E-state index contributed by atoms with van der Waals surface area (Å²) >= 11 is 5.85. The van der Waals surface area contributed by atoms with Gasteiger partial charge in [0.2, 0.25) is 0 Å². The summed E-state index contributed by atoms with van der Waals surface area (Å²) < 4.78 is 10.7. The first kappa shape index (κ1) is 16.7. The third-order valence-electron chi connectivity index (χ3n) is 3.02. The second-order valence-corrected chi connectivity index (χ2v) is 5.05. The first-order valence-corrected chi connectivity index (χ1v) is 7.35. The van der Waals surface area contributed by atoms with Crippen molar-refractivity contribution in [3.63, 3.8) is 0 Å². The maximum atomic E-state index is 5.85. The van der Waals surface area contributed by atoms with Gasteiger partial charge in [0.1, 0.15) is 18.1 Å². The van der Waals surface area contributed by atoms with Gasteiger partial charge < -0.3 is 14.9 Å². The average Bonchev–Trinajstić information content (AvgIpc) is 2.59. The van der Waals surface area contributed by atoms with Crippen molar-refractivity contribution in [1.29, 1.82) is 0 Å². The van der Waals surface area contributed by atoms with Crippen molar-refractivity contribution in [1.82, 2.24) is 5.43 Å². The Morgan fingerprint density at radius 3 is 2.74 bits per heavy atom. The number of hydrazone groups is 1. The number of ether oxygens (including phenoxy) is 2. The number of halogens is 1. The van der Waals surface area contributed by atoms with E-state index < -0.39 is 0 Å². The fraction of sp³-hybridized carbons (Fsp3) is 0.167. The Morgan fingerprint density at radius 1 is 1.26 bits per heavy atom. The molecule has 0 aliphatic carbocycles. The highest BCUT2D eigenvalue weighted by atomic mass is 35.5. The second-order valence-electron chi connectivity index (χ2n) is 4.62. The molecular weight excluding hydrogens is 312 g/mol. The van der Waals surface area contributed by atoms with Gasteiger partial charge in [0.05, 0.1) is 19.9 Å². The van der Waals surface area contributed by atoms with Gasteiger partial charge in [0.25, 0.3) is 0 Å². The summed E-state index contributed by atoms with van der Waals surface area (Å²) in [5, 5.41) is 4.92. The van der Waals surface area contributed by atoms with E-state index in [1.165, 1.54) is 0 Å². The molecule has 0 spiro atoms. The van der Waals surface area contributed by atoms with Gasteiger partial charge in [-0.05, 0) is 35.9 Å². The van der Waals surface area contributed by atoms with Crippen LogP contribution in [0.15, 0.2) is 47.6 Å². The highest BCUT2D eigenvalue weighted by Gasteiger charge is 2.03. The van der Waals surface area contributed by atoms with Crippen molar-refractivity contribution in [3.8, 4) is 23.8 Å². The topological polar surface area (TPSA) is 42.9 Å². The van der Waals surface area contributed by atoms with Gasteiger partial charge in [0.15, 0.2) is 0 Å². The van der Waals surface area contributed by atoms with Crippen LogP contribution in [0.1, 0.15) is 11.1 Å². The van der Waals surface area contributed by atoms with Crippen molar-refractivity contribution in [3.05, 3.63) is 58.6 Å². The summed E-state index contributed by atoms with van der Waals surface area (Å²) in [5.74, 6) is 3.81. The van der Waals surface area contributed by atoms with Crippen LogP contribution < -0.4 is 14.9 Å². The van der Waals surface area contributed by atoms with Crippen molar-refractivity contribution >= 4 is 17.8 Å². The van der Waals surface area contributed by atoms with E-state index >= 15 is 0 Å². The molecule has 2 aromatic carbocycles. The highest BCUT2D eigenvalue weighted by molar-refractivity contribution is 6.30. The molecule has 0 atom stereocenters. The molecule has 0 aliphatic heterocycles. The lowest BCUT2D eigenvalue weighted by Gasteiger charge is -2.08. The SMILES string of the molecule is C#CCOc1ccc(OC)cc1/C=N\NCc1ccc(Cl)cc1. The Bertz CT molecular complexity index is 706. The number of nitrogens with one attached hydrogen (secondary N) is 1. The van der Waals surface area contributed by atoms with Crippen LogP contribution in [-0.4, -0.2) is 19.9 Å². The van der Waals surface area contributed by atoms with Crippen LogP contribution in [0, 0.1) is 12.3 Å². The summed E-state index contributed by atoms with van der Waals surface area (Å²) in [6.07, 6.45) is 6.90. The van der Waals surface area contributed by atoms with Crippen LogP contribution in [0.2, 0.25) is 5.02 Å². The lowest BCUT2D eigenvalue weighted by molar-refractivity contribution is 0.367. The van der Waals surface area contributed by atoms with Gasteiger partial charge in [-0.15, -0.1) is 6.42 Å². The van der Waals surface area contributed by atoms with Gasteiger partial charge in [-0.1, -0.05) is 29.7 Å². The molecule has 0 unspecified atom stereocenters. The zero-order chi connectivity index (χ0) is 16.5. The third kappa shape index (κ3) is 5.24. The normalized spacial score (nSPS) is 10.3. The van der Waals surface area contributed by atoms with Crippen LogP contribution >= 0.6 is 11.6 Å². The summed E-state index contributed by atoms with van der Waals surface area (Å²) in [6.45, 7) is 0.795. The predicted octanol–water partition coefficient (Wildman–Crippen LogP) is 3.48. The number of terminal acetylenes is 1. The van der Waals surface area contributed by atoms with E-state index in [0.29, 0.717) is 17.3 Å². The highest BCUT2D eigenvalue weighted by Crippen LogP contribution is 2.22. The Balaban J connectivity index is 2.02. The minimum absolute atomic E-state index is 0.200. The van der Waals surface area contributed by atoms with Gasteiger partial charge in [-0.2, -0.15) is 5.10 Å². The molecule has 0 heterocycles. The van der Waals surface area contributed by atoms with E-state index in [2.05, 4.69) is 16.4 Å².